The van der Waals surface area contributed by atoms with Gasteiger partial charge in [0.15, 0.2) is 0 Å². The van der Waals surface area contributed by atoms with Crippen molar-refractivity contribution in [2.45, 2.75) is 19.9 Å². The Bertz CT molecular complexity index is 636. The topological polar surface area (TPSA) is 29.5 Å². The Labute approximate surface area is 112 Å². The highest BCUT2D eigenvalue weighted by atomic mass is 16.5. The number of hydrogen-bond acceptors (Lipinski definition) is 2. The summed E-state index contributed by atoms with van der Waals surface area (Å²) in [5.74, 6) is 0.105. The lowest BCUT2D eigenvalue weighted by molar-refractivity contribution is 0.0690. The Morgan fingerprint density at radius 3 is 2.58 bits per heavy atom. The number of carbonyl (C=O) groups is 1. The van der Waals surface area contributed by atoms with E-state index in [0.29, 0.717) is 13.3 Å². The number of fused-ring (bicyclic) bond motifs is 4. The van der Waals surface area contributed by atoms with E-state index >= 15 is 0 Å². The van der Waals surface area contributed by atoms with Crippen LogP contribution in [0.1, 0.15) is 35.8 Å². The van der Waals surface area contributed by atoms with Crippen molar-refractivity contribution in [3.8, 4) is 0 Å². The lowest BCUT2D eigenvalue weighted by Gasteiger charge is -2.11. The second-order valence-electron chi connectivity index (χ2n) is 4.58. The summed E-state index contributed by atoms with van der Waals surface area (Å²) >= 11 is 0. The molecule has 3 heteroatoms. The molecule has 0 radical (unpaired) electrons. The maximum absolute atomic E-state index is 12.2. The quantitative estimate of drug-likeness (QED) is 0.722. The van der Waals surface area contributed by atoms with E-state index in [9.17, 15) is 4.79 Å². The highest BCUT2D eigenvalue weighted by Gasteiger charge is 2.40. The van der Waals surface area contributed by atoms with E-state index in [2.05, 4.69) is 12.1 Å². The van der Waals surface area contributed by atoms with Crippen molar-refractivity contribution < 1.29 is 9.53 Å². The molecule has 1 saturated heterocycles. The van der Waals surface area contributed by atoms with Crippen molar-refractivity contribution >= 4 is 16.7 Å². The molecule has 2 aromatic rings. The van der Waals surface area contributed by atoms with Crippen molar-refractivity contribution in [3.63, 3.8) is 0 Å². The van der Waals surface area contributed by atoms with Crippen LogP contribution in [-0.2, 0) is 4.74 Å². The molecule has 1 unspecified atom stereocenters. The van der Waals surface area contributed by atoms with Gasteiger partial charge in [0.25, 0.3) is 5.91 Å². The maximum atomic E-state index is 12.2. The Kier molecular flexibility index (Phi) is 2.99. The molecule has 2 heterocycles. The zero-order valence-electron chi connectivity index (χ0n) is 11.2. The van der Waals surface area contributed by atoms with Crippen LogP contribution in [0.15, 0.2) is 36.4 Å². The Balaban J connectivity index is 0.000000528. The smallest absolute Gasteiger partial charge is 0.256 e. The fraction of sp³-hybridized carbons (Fsp3) is 0.312. The highest BCUT2D eigenvalue weighted by Crippen LogP contribution is 2.38. The first-order chi connectivity index (χ1) is 9.34. The third-order valence-electron chi connectivity index (χ3n) is 3.65. The molecule has 0 aromatic heterocycles. The normalized spacial score (nSPS) is 20.0. The van der Waals surface area contributed by atoms with E-state index in [1.165, 1.54) is 5.39 Å². The van der Waals surface area contributed by atoms with Gasteiger partial charge in [-0.05, 0) is 28.5 Å². The Morgan fingerprint density at radius 1 is 1.16 bits per heavy atom. The second-order valence-corrected chi connectivity index (χ2v) is 4.58. The summed E-state index contributed by atoms with van der Waals surface area (Å²) in [6, 6.07) is 12.4. The van der Waals surface area contributed by atoms with Crippen molar-refractivity contribution in [2.75, 3.05) is 13.3 Å². The first kappa shape index (κ1) is 12.2. The minimum absolute atomic E-state index is 0.105. The summed E-state index contributed by atoms with van der Waals surface area (Å²) in [6.07, 6.45) is 0. The fourth-order valence-corrected chi connectivity index (χ4v) is 2.77. The van der Waals surface area contributed by atoms with Gasteiger partial charge in [-0.25, -0.2) is 0 Å². The van der Waals surface area contributed by atoms with Crippen molar-refractivity contribution in [1.29, 1.82) is 0 Å². The Morgan fingerprint density at radius 2 is 1.84 bits per heavy atom. The van der Waals surface area contributed by atoms with Crippen LogP contribution in [0.5, 0.6) is 0 Å². The van der Waals surface area contributed by atoms with Crippen LogP contribution in [0.3, 0.4) is 0 Å². The molecular weight excluding hydrogens is 238 g/mol. The minimum atomic E-state index is 0.105. The summed E-state index contributed by atoms with van der Waals surface area (Å²) in [6.45, 7) is 5.05. The molecule has 19 heavy (non-hydrogen) atoms. The number of hydrogen-bond donors (Lipinski definition) is 0. The molecule has 1 fully saturated rings. The molecule has 3 nitrogen and oxygen atoms in total. The molecule has 2 aliphatic heterocycles. The van der Waals surface area contributed by atoms with Gasteiger partial charge < -0.3 is 9.64 Å². The predicted octanol–water partition coefficient (Wildman–Crippen LogP) is 3.35. The van der Waals surface area contributed by atoms with Gasteiger partial charge >= 0.3 is 0 Å². The zero-order valence-corrected chi connectivity index (χ0v) is 11.2. The zero-order chi connectivity index (χ0) is 13.4. The average Bonchev–Trinajstić information content (AvgIpc) is 3.04. The number of benzene rings is 2. The van der Waals surface area contributed by atoms with Crippen molar-refractivity contribution in [2.24, 2.45) is 0 Å². The van der Waals surface area contributed by atoms with Gasteiger partial charge in [-0.1, -0.05) is 38.1 Å². The molecule has 4 rings (SSSR count). The predicted molar refractivity (Wildman–Crippen MR) is 75.0 cm³/mol. The first-order valence-electron chi connectivity index (χ1n) is 6.76. The molecule has 98 valence electrons. The van der Waals surface area contributed by atoms with Crippen LogP contribution >= 0.6 is 0 Å². The molecule has 2 aromatic carbocycles. The molecule has 1 atom stereocenters. The van der Waals surface area contributed by atoms with Crippen LogP contribution in [0.2, 0.25) is 0 Å². The third-order valence-corrected chi connectivity index (χ3v) is 3.65. The molecular formula is C16H17NO2. The lowest BCUT2D eigenvalue weighted by Crippen LogP contribution is -2.23. The van der Waals surface area contributed by atoms with E-state index in [-0.39, 0.29) is 11.9 Å². The van der Waals surface area contributed by atoms with Crippen LogP contribution in [-0.4, -0.2) is 24.1 Å². The van der Waals surface area contributed by atoms with Crippen molar-refractivity contribution in [3.05, 3.63) is 47.5 Å². The SMILES string of the molecule is CC.O=C1c2cc3ccccc3cc2C2COCN12. The molecule has 0 N–H and O–H groups in total. The summed E-state index contributed by atoms with van der Waals surface area (Å²) in [5, 5.41) is 2.31. The summed E-state index contributed by atoms with van der Waals surface area (Å²) in [4.78, 5) is 14.0. The van der Waals surface area contributed by atoms with Crippen LogP contribution in [0.25, 0.3) is 10.8 Å². The number of nitrogens with zero attached hydrogens (tertiary/aromatic N) is 1. The van der Waals surface area contributed by atoms with Gasteiger partial charge in [0.2, 0.25) is 0 Å². The first-order valence-corrected chi connectivity index (χ1v) is 6.76. The van der Waals surface area contributed by atoms with E-state index in [0.717, 1.165) is 16.5 Å². The third kappa shape index (κ3) is 1.73. The minimum Gasteiger partial charge on any atom is -0.359 e. The van der Waals surface area contributed by atoms with E-state index in [1.54, 1.807) is 0 Å². The van der Waals surface area contributed by atoms with Gasteiger partial charge in [-0.3, -0.25) is 4.79 Å². The average molecular weight is 255 g/mol. The van der Waals surface area contributed by atoms with E-state index in [4.69, 9.17) is 4.74 Å². The monoisotopic (exact) mass is 255 g/mol. The molecule has 1 amide bonds. The van der Waals surface area contributed by atoms with Crippen LogP contribution < -0.4 is 0 Å². The molecule has 0 bridgehead atoms. The van der Waals surface area contributed by atoms with Gasteiger partial charge in [-0.2, -0.15) is 0 Å². The maximum Gasteiger partial charge on any atom is 0.256 e. The summed E-state index contributed by atoms with van der Waals surface area (Å²) in [7, 11) is 0. The van der Waals surface area contributed by atoms with Gasteiger partial charge in [0.1, 0.15) is 6.73 Å². The van der Waals surface area contributed by atoms with E-state index in [1.807, 2.05) is 43.0 Å². The largest absolute Gasteiger partial charge is 0.359 e. The molecule has 0 spiro atoms. The summed E-state index contributed by atoms with van der Waals surface area (Å²) in [5.41, 5.74) is 1.96. The fourth-order valence-electron chi connectivity index (χ4n) is 2.77. The Hall–Kier alpha value is -1.87. The molecule has 0 saturated carbocycles. The number of amides is 1. The van der Waals surface area contributed by atoms with Crippen LogP contribution in [0, 0.1) is 0 Å². The molecule has 2 aliphatic rings. The highest BCUT2D eigenvalue weighted by molar-refractivity contribution is 6.03. The van der Waals surface area contributed by atoms with E-state index < -0.39 is 0 Å². The number of carbonyl (C=O) groups excluding carboxylic acids is 1. The summed E-state index contributed by atoms with van der Waals surface area (Å²) < 4.78 is 5.36. The van der Waals surface area contributed by atoms with Gasteiger partial charge in [0, 0.05) is 5.56 Å². The standard InChI is InChI=1S/C14H11NO2.C2H6/c16-14-12-6-10-4-2-1-3-9(10)5-11(12)13-7-17-8-15(13)14;1-2/h1-6,13H,7-8H2;1-2H3. The molecule has 0 aliphatic carbocycles. The lowest BCUT2D eigenvalue weighted by atomic mass is 9.99. The van der Waals surface area contributed by atoms with Gasteiger partial charge in [0.05, 0.1) is 12.6 Å². The second kappa shape index (κ2) is 4.67. The van der Waals surface area contributed by atoms with Gasteiger partial charge in [-0.15, -0.1) is 0 Å². The van der Waals surface area contributed by atoms with Crippen molar-refractivity contribution in [1.82, 2.24) is 4.90 Å². The number of ether oxygens (including phenoxy) is 1. The van der Waals surface area contributed by atoms with Crippen LogP contribution in [0.4, 0.5) is 0 Å². The number of rotatable bonds is 0.